The molecule has 17 heavy (non-hydrogen) atoms. The molecule has 0 aliphatic rings. The number of alkyl halides is 1. The van der Waals surface area contributed by atoms with E-state index < -0.39 is 0 Å². The molecule has 0 aromatic heterocycles. The maximum Gasteiger partial charge on any atom is 0.0636 e. The Kier molecular flexibility index (Phi) is 4.66. The predicted octanol–water partition coefficient (Wildman–Crippen LogP) is 5.73. The summed E-state index contributed by atoms with van der Waals surface area (Å²) in [6, 6.07) is 16.3. The van der Waals surface area contributed by atoms with E-state index in [1.165, 1.54) is 5.56 Å². The molecule has 3 heteroatoms. The van der Waals surface area contributed by atoms with Crippen molar-refractivity contribution in [3.8, 4) is 0 Å². The summed E-state index contributed by atoms with van der Waals surface area (Å²) < 4.78 is 2.15. The van der Waals surface area contributed by atoms with Gasteiger partial charge in [-0.2, -0.15) is 0 Å². The minimum atomic E-state index is -0.0140. The highest BCUT2D eigenvalue weighted by molar-refractivity contribution is 9.10. The molecule has 0 saturated carbocycles. The Bertz CT molecular complexity index is 511. The normalized spacial score (nSPS) is 12.4. The van der Waals surface area contributed by atoms with E-state index in [0.29, 0.717) is 0 Å². The molecule has 0 nitrogen and oxygen atoms in total. The van der Waals surface area contributed by atoms with Crippen LogP contribution in [0, 0.1) is 0 Å². The lowest BCUT2D eigenvalue weighted by atomic mass is 10.0. The van der Waals surface area contributed by atoms with Crippen molar-refractivity contribution in [3.05, 3.63) is 68.6 Å². The van der Waals surface area contributed by atoms with E-state index in [0.717, 1.165) is 20.9 Å². The second-order valence-corrected chi connectivity index (χ2v) is 6.12. The van der Waals surface area contributed by atoms with E-state index in [1.54, 1.807) is 0 Å². The van der Waals surface area contributed by atoms with Gasteiger partial charge in [0, 0.05) is 8.95 Å². The van der Waals surface area contributed by atoms with Crippen LogP contribution in [0.2, 0.25) is 0 Å². The molecule has 0 heterocycles. The van der Waals surface area contributed by atoms with E-state index in [9.17, 15) is 0 Å². The highest BCUT2D eigenvalue weighted by atomic mass is 79.9. The first-order valence-electron chi connectivity index (χ1n) is 5.30. The summed E-state index contributed by atoms with van der Waals surface area (Å²) in [5.41, 5.74) is 2.37. The first-order chi connectivity index (χ1) is 8.16. The van der Waals surface area contributed by atoms with Crippen LogP contribution in [0.4, 0.5) is 0 Å². The number of rotatable bonds is 3. The largest absolute Gasteiger partial charge is 0.117 e. The van der Waals surface area contributed by atoms with Gasteiger partial charge in [-0.3, -0.25) is 0 Å². The van der Waals surface area contributed by atoms with Gasteiger partial charge in [-0.15, -0.1) is 11.6 Å². The van der Waals surface area contributed by atoms with Gasteiger partial charge in [-0.05, 0) is 35.7 Å². The lowest BCUT2D eigenvalue weighted by molar-refractivity contribution is 0.914. The van der Waals surface area contributed by atoms with Crippen LogP contribution in [0.25, 0.3) is 0 Å². The number of hydrogen-bond donors (Lipinski definition) is 0. The highest BCUT2D eigenvalue weighted by Gasteiger charge is 2.11. The summed E-state index contributed by atoms with van der Waals surface area (Å²) >= 11 is 13.5. The van der Waals surface area contributed by atoms with E-state index in [1.807, 2.05) is 30.3 Å². The third kappa shape index (κ3) is 3.57. The Balaban J connectivity index is 2.17. The lowest BCUT2D eigenvalue weighted by Crippen LogP contribution is -1.96. The highest BCUT2D eigenvalue weighted by Crippen LogP contribution is 2.31. The molecule has 0 saturated heterocycles. The zero-order chi connectivity index (χ0) is 12.3. The van der Waals surface area contributed by atoms with Gasteiger partial charge in [-0.25, -0.2) is 0 Å². The second kappa shape index (κ2) is 6.03. The molecule has 0 fully saturated rings. The zero-order valence-corrected chi connectivity index (χ0v) is 13.0. The first kappa shape index (κ1) is 13.1. The number of benzene rings is 2. The number of hydrogen-bond acceptors (Lipinski definition) is 0. The Morgan fingerprint density at radius 3 is 2.47 bits per heavy atom. The summed E-state index contributed by atoms with van der Waals surface area (Å²) in [5, 5.41) is -0.0140. The fraction of sp³-hybridized carbons (Fsp3) is 0.143. The van der Waals surface area contributed by atoms with Crippen LogP contribution in [-0.2, 0) is 6.42 Å². The molecule has 0 aliphatic carbocycles. The van der Waals surface area contributed by atoms with Crippen molar-refractivity contribution in [2.75, 3.05) is 0 Å². The van der Waals surface area contributed by atoms with Crippen molar-refractivity contribution in [1.29, 1.82) is 0 Å². The molecule has 2 aromatic rings. The average Bonchev–Trinajstić information content (AvgIpc) is 2.29. The van der Waals surface area contributed by atoms with Crippen LogP contribution in [0.15, 0.2) is 57.5 Å². The molecule has 1 unspecified atom stereocenters. The summed E-state index contributed by atoms with van der Waals surface area (Å²) in [4.78, 5) is 0. The van der Waals surface area contributed by atoms with Gasteiger partial charge in [-0.1, -0.05) is 62.2 Å². The van der Waals surface area contributed by atoms with Crippen molar-refractivity contribution in [2.24, 2.45) is 0 Å². The topological polar surface area (TPSA) is 0 Å². The molecule has 2 rings (SSSR count). The maximum absolute atomic E-state index is 6.45. The van der Waals surface area contributed by atoms with Crippen LogP contribution < -0.4 is 0 Å². The van der Waals surface area contributed by atoms with Gasteiger partial charge < -0.3 is 0 Å². The Labute approximate surface area is 123 Å². The first-order valence-corrected chi connectivity index (χ1v) is 7.32. The van der Waals surface area contributed by atoms with Crippen LogP contribution in [0.1, 0.15) is 16.5 Å². The fourth-order valence-corrected chi connectivity index (χ4v) is 3.22. The summed E-state index contributed by atoms with van der Waals surface area (Å²) in [7, 11) is 0. The van der Waals surface area contributed by atoms with Crippen molar-refractivity contribution in [1.82, 2.24) is 0 Å². The molecule has 0 radical (unpaired) electrons. The van der Waals surface area contributed by atoms with Crippen LogP contribution >= 0.6 is 43.5 Å². The average molecular weight is 375 g/mol. The van der Waals surface area contributed by atoms with E-state index in [4.69, 9.17) is 11.6 Å². The Morgan fingerprint density at radius 1 is 1.00 bits per heavy atom. The summed E-state index contributed by atoms with van der Waals surface area (Å²) in [6.07, 6.45) is 0.823. The molecule has 0 aliphatic heterocycles. The molecule has 2 aromatic carbocycles. The van der Waals surface area contributed by atoms with Crippen molar-refractivity contribution >= 4 is 43.5 Å². The molecular formula is C14H11Br2Cl. The smallest absolute Gasteiger partial charge is 0.0636 e. The van der Waals surface area contributed by atoms with Gasteiger partial charge >= 0.3 is 0 Å². The Morgan fingerprint density at radius 2 is 1.76 bits per heavy atom. The molecular weight excluding hydrogens is 363 g/mol. The van der Waals surface area contributed by atoms with E-state index >= 15 is 0 Å². The summed E-state index contributed by atoms with van der Waals surface area (Å²) in [6.45, 7) is 0. The van der Waals surface area contributed by atoms with Gasteiger partial charge in [0.05, 0.1) is 5.38 Å². The van der Waals surface area contributed by atoms with Crippen LogP contribution in [0.3, 0.4) is 0 Å². The van der Waals surface area contributed by atoms with Gasteiger partial charge in [0.25, 0.3) is 0 Å². The van der Waals surface area contributed by atoms with Gasteiger partial charge in [0.2, 0.25) is 0 Å². The second-order valence-electron chi connectivity index (χ2n) is 3.82. The standard InChI is InChI=1S/C14H11Br2Cl/c15-11-5-3-4-10(8-11)9-14(17)12-6-1-2-7-13(12)16/h1-8,14H,9H2. The quantitative estimate of drug-likeness (QED) is 0.602. The molecule has 0 bridgehead atoms. The molecule has 0 N–H and O–H groups in total. The maximum atomic E-state index is 6.45. The molecule has 1 atom stereocenters. The van der Waals surface area contributed by atoms with Crippen molar-refractivity contribution in [3.63, 3.8) is 0 Å². The predicted molar refractivity (Wildman–Crippen MR) is 80.6 cm³/mol. The third-order valence-electron chi connectivity index (χ3n) is 2.55. The lowest BCUT2D eigenvalue weighted by Gasteiger charge is -2.12. The molecule has 88 valence electrons. The monoisotopic (exact) mass is 372 g/mol. The third-order valence-corrected chi connectivity index (χ3v) is 4.15. The zero-order valence-electron chi connectivity index (χ0n) is 9.04. The van der Waals surface area contributed by atoms with Gasteiger partial charge in [0.1, 0.15) is 0 Å². The van der Waals surface area contributed by atoms with Crippen LogP contribution in [-0.4, -0.2) is 0 Å². The molecule has 0 spiro atoms. The van der Waals surface area contributed by atoms with Crippen LogP contribution in [0.5, 0.6) is 0 Å². The van der Waals surface area contributed by atoms with E-state index in [2.05, 4.69) is 50.1 Å². The minimum Gasteiger partial charge on any atom is -0.117 e. The SMILES string of the molecule is ClC(Cc1cccc(Br)c1)c1ccccc1Br. The summed E-state index contributed by atoms with van der Waals surface area (Å²) in [5.74, 6) is 0. The molecule has 0 amide bonds. The van der Waals surface area contributed by atoms with E-state index in [-0.39, 0.29) is 5.38 Å². The Hall–Kier alpha value is -0.310. The van der Waals surface area contributed by atoms with Crippen molar-refractivity contribution in [2.45, 2.75) is 11.8 Å². The fourth-order valence-electron chi connectivity index (χ4n) is 1.71. The number of halogens is 3. The van der Waals surface area contributed by atoms with Crippen molar-refractivity contribution < 1.29 is 0 Å². The van der Waals surface area contributed by atoms with Gasteiger partial charge in [0.15, 0.2) is 0 Å². The minimum absolute atomic E-state index is 0.0140.